The predicted octanol–water partition coefficient (Wildman–Crippen LogP) is 12.0. The van der Waals surface area contributed by atoms with E-state index in [1.807, 2.05) is 121 Å². The summed E-state index contributed by atoms with van der Waals surface area (Å²) < 4.78 is 87.5. The maximum Gasteiger partial charge on any atom is 0.145 e. The second-order valence-electron chi connectivity index (χ2n) is 11.2. The SMILES string of the molecule is [2H]c1c([2H])c([2H])c(-c2c3ccccc3c(-c3ccc(-n4c(-c5c([2H])c([2H])c([2H])c([2H])c5[2H])nc5ccccc54)cc3)c3ccc(-c4ccccc4)cc23)c([2H])c1[2H]. The minimum absolute atomic E-state index is 0.00396. The largest absolute Gasteiger partial charge is 0.292 e. The standard InChI is InChI=1S/C45H30N2/c1-4-14-31(15-5-1)35-26-29-39-40(30-35)44(32-16-6-2-7-17-32)38-21-11-10-20-37(38)43(39)33-24-27-36(28-25-33)47-42-23-13-12-22-41(42)46-45(47)34-18-8-3-9-19-34/h1-30H/i2D,3D,6D,7D,8D,9D,16D,17D,18D,19D. The van der Waals surface area contributed by atoms with Gasteiger partial charge in [0.25, 0.3) is 0 Å². The zero-order chi connectivity index (χ0) is 39.9. The zero-order valence-corrected chi connectivity index (χ0v) is 24.9. The molecule has 0 N–H and O–H groups in total. The lowest BCUT2D eigenvalue weighted by Gasteiger charge is -2.19. The van der Waals surface area contributed by atoms with Gasteiger partial charge in [-0.3, -0.25) is 4.57 Å². The van der Waals surface area contributed by atoms with Crippen molar-refractivity contribution < 1.29 is 13.7 Å². The Morgan fingerprint density at radius 2 is 1.00 bits per heavy atom. The topological polar surface area (TPSA) is 17.8 Å². The van der Waals surface area contributed by atoms with Gasteiger partial charge in [-0.05, 0) is 85.3 Å². The summed E-state index contributed by atoms with van der Waals surface area (Å²) in [5.41, 5.74) is 6.20. The van der Waals surface area contributed by atoms with Crippen LogP contribution in [0.25, 0.3) is 83.0 Å². The molecule has 1 heterocycles. The number of rotatable bonds is 5. The molecule has 0 saturated heterocycles. The Hall–Kier alpha value is -6.25. The average molecular weight is 609 g/mol. The molecule has 0 amide bonds. The Bertz CT molecular complexity index is 3060. The van der Waals surface area contributed by atoms with E-state index in [0.717, 1.165) is 43.8 Å². The first kappa shape index (κ1) is 18.7. The van der Waals surface area contributed by atoms with E-state index < -0.39 is 36.3 Å². The van der Waals surface area contributed by atoms with Crippen LogP contribution >= 0.6 is 0 Å². The van der Waals surface area contributed by atoms with Crippen molar-refractivity contribution in [1.29, 1.82) is 0 Å². The smallest absolute Gasteiger partial charge is 0.145 e. The molecule has 47 heavy (non-hydrogen) atoms. The van der Waals surface area contributed by atoms with Crippen molar-refractivity contribution in [3.63, 3.8) is 0 Å². The number of fused-ring (bicyclic) bond motifs is 3. The third-order valence-electron chi connectivity index (χ3n) is 8.58. The Balaban J connectivity index is 1.32. The van der Waals surface area contributed by atoms with Gasteiger partial charge in [-0.2, -0.15) is 0 Å². The number of imidazole rings is 1. The fourth-order valence-electron chi connectivity index (χ4n) is 6.54. The summed E-state index contributed by atoms with van der Waals surface area (Å²) in [6.45, 7) is 0. The summed E-state index contributed by atoms with van der Waals surface area (Å²) in [7, 11) is 0. The fourth-order valence-corrected chi connectivity index (χ4v) is 6.54. The summed E-state index contributed by atoms with van der Waals surface area (Å²) >= 11 is 0. The monoisotopic (exact) mass is 608 g/mol. The molecule has 0 spiro atoms. The van der Waals surface area contributed by atoms with Gasteiger partial charge < -0.3 is 0 Å². The number of hydrogen-bond acceptors (Lipinski definition) is 1. The van der Waals surface area contributed by atoms with Crippen molar-refractivity contribution in [2.45, 2.75) is 0 Å². The quantitative estimate of drug-likeness (QED) is 0.178. The third kappa shape index (κ3) is 4.62. The van der Waals surface area contributed by atoms with Crippen LogP contribution in [0.1, 0.15) is 13.7 Å². The predicted molar refractivity (Wildman–Crippen MR) is 198 cm³/mol. The van der Waals surface area contributed by atoms with E-state index >= 15 is 0 Å². The van der Waals surface area contributed by atoms with Crippen molar-refractivity contribution in [3.8, 4) is 50.5 Å². The van der Waals surface area contributed by atoms with Gasteiger partial charge in [-0.1, -0.05) is 151 Å². The number of nitrogens with zero attached hydrogens (tertiary/aromatic N) is 2. The molecule has 0 bridgehead atoms. The van der Waals surface area contributed by atoms with E-state index in [0.29, 0.717) is 22.3 Å². The van der Waals surface area contributed by atoms with Gasteiger partial charge >= 0.3 is 0 Å². The highest BCUT2D eigenvalue weighted by atomic mass is 15.1. The van der Waals surface area contributed by atoms with E-state index in [4.69, 9.17) is 18.7 Å². The van der Waals surface area contributed by atoms with Crippen molar-refractivity contribution in [2.75, 3.05) is 0 Å². The lowest BCUT2D eigenvalue weighted by molar-refractivity contribution is 1.10. The number of benzene rings is 8. The first-order valence-electron chi connectivity index (χ1n) is 20.2. The molecular weight excluding hydrogens is 569 g/mol. The number of hydrogen-bond donors (Lipinski definition) is 0. The minimum Gasteiger partial charge on any atom is -0.292 e. The molecule has 2 heteroatoms. The van der Waals surface area contributed by atoms with Crippen LogP contribution in [-0.2, 0) is 0 Å². The molecule has 0 aliphatic rings. The van der Waals surface area contributed by atoms with Crippen LogP contribution in [0.5, 0.6) is 0 Å². The lowest BCUT2D eigenvalue weighted by Crippen LogP contribution is -1.98. The maximum absolute atomic E-state index is 9.01. The van der Waals surface area contributed by atoms with E-state index in [9.17, 15) is 0 Å². The summed E-state index contributed by atoms with van der Waals surface area (Å²) in [5.74, 6) is 0.216. The molecule has 9 rings (SSSR count). The Kier molecular flexibility index (Phi) is 4.48. The fraction of sp³-hybridized carbons (Fsp3) is 0. The maximum atomic E-state index is 9.01. The van der Waals surface area contributed by atoms with E-state index in [-0.39, 0.29) is 41.1 Å². The van der Waals surface area contributed by atoms with Crippen LogP contribution in [0, 0.1) is 0 Å². The molecule has 8 aromatic carbocycles. The molecule has 2 nitrogen and oxygen atoms in total. The van der Waals surface area contributed by atoms with E-state index in [2.05, 4.69) is 0 Å². The Labute approximate surface area is 287 Å². The number of para-hydroxylation sites is 2. The van der Waals surface area contributed by atoms with Gasteiger partial charge in [0.2, 0.25) is 0 Å². The second-order valence-corrected chi connectivity index (χ2v) is 11.2. The molecule has 0 aliphatic carbocycles. The molecule has 9 aromatic rings. The molecule has 0 saturated carbocycles. The Morgan fingerprint density at radius 3 is 1.72 bits per heavy atom. The highest BCUT2D eigenvalue weighted by Crippen LogP contribution is 2.45. The molecule has 0 unspecified atom stereocenters. The van der Waals surface area contributed by atoms with Crippen molar-refractivity contribution in [1.82, 2.24) is 9.55 Å². The first-order chi connectivity index (χ1) is 27.5. The molecule has 0 fully saturated rings. The van der Waals surface area contributed by atoms with Crippen LogP contribution in [0.4, 0.5) is 0 Å². The molecule has 1 aromatic heterocycles. The first-order valence-corrected chi connectivity index (χ1v) is 15.2. The third-order valence-corrected chi connectivity index (χ3v) is 8.58. The normalized spacial score (nSPS) is 14.4. The minimum atomic E-state index is -0.478. The van der Waals surface area contributed by atoms with Crippen LogP contribution in [-0.4, -0.2) is 9.55 Å². The van der Waals surface area contributed by atoms with E-state index in [1.54, 1.807) is 4.57 Å². The van der Waals surface area contributed by atoms with Crippen molar-refractivity contribution >= 4 is 32.6 Å². The summed E-state index contributed by atoms with van der Waals surface area (Å²) in [6.07, 6.45) is 0. The highest BCUT2D eigenvalue weighted by Gasteiger charge is 2.19. The van der Waals surface area contributed by atoms with Crippen LogP contribution in [0.2, 0.25) is 0 Å². The second kappa shape index (κ2) is 11.3. The van der Waals surface area contributed by atoms with Gasteiger partial charge in [0.1, 0.15) is 5.82 Å². The van der Waals surface area contributed by atoms with Gasteiger partial charge in [0, 0.05) is 11.3 Å². The highest BCUT2D eigenvalue weighted by molar-refractivity contribution is 6.22. The molecular formula is C45H30N2. The molecule has 220 valence electrons. The van der Waals surface area contributed by atoms with Crippen LogP contribution in [0.3, 0.4) is 0 Å². The van der Waals surface area contributed by atoms with Gasteiger partial charge in [-0.25, -0.2) is 4.98 Å². The summed E-state index contributed by atoms with van der Waals surface area (Å²) in [6, 6.07) is 34.9. The van der Waals surface area contributed by atoms with Crippen LogP contribution < -0.4 is 0 Å². The van der Waals surface area contributed by atoms with Crippen LogP contribution in [0.15, 0.2) is 182 Å². The number of aromatic nitrogens is 2. The van der Waals surface area contributed by atoms with E-state index in [1.165, 1.54) is 0 Å². The lowest BCUT2D eigenvalue weighted by atomic mass is 9.85. The summed E-state index contributed by atoms with van der Waals surface area (Å²) in [5, 5.41) is 3.07. The van der Waals surface area contributed by atoms with Gasteiger partial charge in [0.15, 0.2) is 0 Å². The van der Waals surface area contributed by atoms with Crippen molar-refractivity contribution in [2.24, 2.45) is 0 Å². The molecule has 0 atom stereocenters. The summed E-state index contributed by atoms with van der Waals surface area (Å²) in [4.78, 5) is 4.78. The van der Waals surface area contributed by atoms with Gasteiger partial charge in [0.05, 0.1) is 24.7 Å². The zero-order valence-electron chi connectivity index (χ0n) is 34.9. The molecule has 0 aliphatic heterocycles. The van der Waals surface area contributed by atoms with Crippen molar-refractivity contribution in [3.05, 3.63) is 182 Å². The Morgan fingerprint density at radius 1 is 0.426 bits per heavy atom. The average Bonchev–Trinajstić information content (AvgIpc) is 3.62. The van der Waals surface area contributed by atoms with Gasteiger partial charge in [-0.15, -0.1) is 0 Å². The molecule has 0 radical (unpaired) electrons.